The van der Waals surface area contributed by atoms with E-state index in [0.717, 1.165) is 41.7 Å². The number of carbonyl (C=O) groups is 1. The van der Waals surface area contributed by atoms with Gasteiger partial charge in [-0.3, -0.25) is 4.79 Å². The number of rotatable bonds is 3. The van der Waals surface area contributed by atoms with Crippen LogP contribution in [-0.4, -0.2) is 23.9 Å². The molecule has 0 N–H and O–H groups in total. The van der Waals surface area contributed by atoms with Gasteiger partial charge in [-0.1, -0.05) is 20.3 Å². The van der Waals surface area contributed by atoms with Crippen LogP contribution >= 0.6 is 27.3 Å². The molecule has 0 bridgehead atoms. The van der Waals surface area contributed by atoms with E-state index in [-0.39, 0.29) is 5.91 Å². The van der Waals surface area contributed by atoms with Crippen molar-refractivity contribution in [2.45, 2.75) is 39.5 Å². The van der Waals surface area contributed by atoms with Crippen LogP contribution in [0.15, 0.2) is 10.5 Å². The van der Waals surface area contributed by atoms with Gasteiger partial charge in [-0.15, -0.1) is 11.3 Å². The Balaban J connectivity index is 2.10. The van der Waals surface area contributed by atoms with Crippen LogP contribution in [0, 0.1) is 5.92 Å². The molecule has 1 aromatic heterocycles. The standard InChI is InChI=1S/C14H20BrNOS/c1-3-5-12-11(15)8-13(18-12)14(17)16-7-4-6-10(2)9-16/h8,10H,3-7,9H2,1-2H3/t10-/m1/s1. The van der Waals surface area contributed by atoms with Crippen molar-refractivity contribution in [3.8, 4) is 0 Å². The molecule has 2 heterocycles. The third kappa shape index (κ3) is 3.15. The van der Waals surface area contributed by atoms with Crippen LogP contribution in [0.4, 0.5) is 0 Å². The molecule has 1 aromatic rings. The first kappa shape index (κ1) is 14.1. The maximum atomic E-state index is 12.4. The van der Waals surface area contributed by atoms with Crippen molar-refractivity contribution in [2.75, 3.05) is 13.1 Å². The summed E-state index contributed by atoms with van der Waals surface area (Å²) in [5, 5.41) is 0. The lowest BCUT2D eigenvalue weighted by Crippen LogP contribution is -2.38. The van der Waals surface area contributed by atoms with Crippen LogP contribution in [0.25, 0.3) is 0 Å². The number of piperidine rings is 1. The fourth-order valence-electron chi connectivity index (χ4n) is 2.44. The van der Waals surface area contributed by atoms with Crippen LogP contribution in [-0.2, 0) is 6.42 Å². The van der Waals surface area contributed by atoms with E-state index < -0.39 is 0 Å². The number of thiophene rings is 1. The maximum Gasteiger partial charge on any atom is 0.263 e. The van der Waals surface area contributed by atoms with E-state index in [1.165, 1.54) is 11.3 Å². The SMILES string of the molecule is CCCc1sc(C(=O)N2CCC[C@@H](C)C2)cc1Br. The van der Waals surface area contributed by atoms with E-state index in [4.69, 9.17) is 0 Å². The summed E-state index contributed by atoms with van der Waals surface area (Å²) in [4.78, 5) is 16.6. The highest BCUT2D eigenvalue weighted by atomic mass is 79.9. The Kier molecular flexibility index (Phi) is 4.84. The van der Waals surface area contributed by atoms with Crippen molar-refractivity contribution in [1.29, 1.82) is 0 Å². The number of halogens is 1. The van der Waals surface area contributed by atoms with Gasteiger partial charge in [0, 0.05) is 22.4 Å². The molecule has 0 aromatic carbocycles. The second-order valence-electron chi connectivity index (χ2n) is 5.13. The second-order valence-corrected chi connectivity index (χ2v) is 7.12. The van der Waals surface area contributed by atoms with E-state index in [1.54, 1.807) is 11.3 Å². The minimum absolute atomic E-state index is 0.217. The largest absolute Gasteiger partial charge is 0.338 e. The summed E-state index contributed by atoms with van der Waals surface area (Å²) >= 11 is 5.21. The molecule has 1 saturated heterocycles. The van der Waals surface area contributed by atoms with Gasteiger partial charge in [0.2, 0.25) is 0 Å². The van der Waals surface area contributed by atoms with Gasteiger partial charge in [0.15, 0.2) is 0 Å². The maximum absolute atomic E-state index is 12.4. The minimum atomic E-state index is 0.217. The highest BCUT2D eigenvalue weighted by Gasteiger charge is 2.23. The van der Waals surface area contributed by atoms with Gasteiger partial charge in [0.05, 0.1) is 4.88 Å². The number of hydrogen-bond acceptors (Lipinski definition) is 2. The number of carbonyl (C=O) groups excluding carboxylic acids is 1. The molecule has 1 fully saturated rings. The van der Waals surface area contributed by atoms with Gasteiger partial charge in [-0.05, 0) is 47.2 Å². The zero-order valence-corrected chi connectivity index (χ0v) is 13.4. The molecule has 2 rings (SSSR count). The molecule has 1 atom stereocenters. The predicted octanol–water partition coefficient (Wildman–Crippen LogP) is 4.34. The number of hydrogen-bond donors (Lipinski definition) is 0. The predicted molar refractivity (Wildman–Crippen MR) is 80.3 cm³/mol. The van der Waals surface area contributed by atoms with E-state index in [1.807, 2.05) is 11.0 Å². The number of likely N-dealkylation sites (tertiary alicyclic amines) is 1. The topological polar surface area (TPSA) is 20.3 Å². The zero-order chi connectivity index (χ0) is 13.1. The Hall–Kier alpha value is -0.350. The Morgan fingerprint density at radius 3 is 3.06 bits per heavy atom. The van der Waals surface area contributed by atoms with Gasteiger partial charge in [0.25, 0.3) is 5.91 Å². The molecule has 0 spiro atoms. The van der Waals surface area contributed by atoms with E-state index in [2.05, 4.69) is 29.8 Å². The third-order valence-electron chi connectivity index (χ3n) is 3.39. The fraction of sp³-hybridized carbons (Fsp3) is 0.643. The monoisotopic (exact) mass is 329 g/mol. The lowest BCUT2D eigenvalue weighted by molar-refractivity contribution is 0.0688. The van der Waals surface area contributed by atoms with Crippen molar-refractivity contribution in [1.82, 2.24) is 4.90 Å². The molecule has 4 heteroatoms. The lowest BCUT2D eigenvalue weighted by atomic mass is 10.0. The number of nitrogens with zero attached hydrogens (tertiary/aromatic N) is 1. The molecule has 0 radical (unpaired) electrons. The normalized spacial score (nSPS) is 20.2. The van der Waals surface area contributed by atoms with Crippen molar-refractivity contribution in [2.24, 2.45) is 5.92 Å². The van der Waals surface area contributed by atoms with Crippen molar-refractivity contribution in [3.63, 3.8) is 0 Å². The smallest absolute Gasteiger partial charge is 0.263 e. The number of aryl methyl sites for hydroxylation is 1. The molecule has 1 aliphatic heterocycles. The first-order valence-electron chi connectivity index (χ1n) is 6.69. The average Bonchev–Trinajstić information content (AvgIpc) is 2.71. The Bertz CT molecular complexity index is 429. The molecule has 1 aliphatic rings. The molecular formula is C14H20BrNOS. The first-order valence-corrected chi connectivity index (χ1v) is 8.30. The first-order chi connectivity index (χ1) is 8.61. The van der Waals surface area contributed by atoms with Crippen LogP contribution in [0.2, 0.25) is 0 Å². The zero-order valence-electron chi connectivity index (χ0n) is 11.0. The minimum Gasteiger partial charge on any atom is -0.338 e. The van der Waals surface area contributed by atoms with Gasteiger partial charge in [-0.2, -0.15) is 0 Å². The van der Waals surface area contributed by atoms with E-state index >= 15 is 0 Å². The van der Waals surface area contributed by atoms with Crippen LogP contribution in [0.5, 0.6) is 0 Å². The summed E-state index contributed by atoms with van der Waals surface area (Å²) in [6.07, 6.45) is 4.56. The quantitative estimate of drug-likeness (QED) is 0.807. The van der Waals surface area contributed by atoms with Crippen LogP contribution in [0.1, 0.15) is 47.7 Å². The van der Waals surface area contributed by atoms with Crippen molar-refractivity contribution in [3.05, 3.63) is 20.3 Å². The molecule has 0 saturated carbocycles. The van der Waals surface area contributed by atoms with Crippen molar-refractivity contribution < 1.29 is 4.79 Å². The molecule has 18 heavy (non-hydrogen) atoms. The summed E-state index contributed by atoms with van der Waals surface area (Å²) in [6.45, 7) is 6.23. The summed E-state index contributed by atoms with van der Waals surface area (Å²) in [6, 6.07) is 2.00. The molecular weight excluding hydrogens is 310 g/mol. The molecule has 1 amide bonds. The highest BCUT2D eigenvalue weighted by Crippen LogP contribution is 2.30. The van der Waals surface area contributed by atoms with Gasteiger partial charge in [0.1, 0.15) is 0 Å². The molecule has 0 unspecified atom stereocenters. The Morgan fingerprint density at radius 2 is 2.39 bits per heavy atom. The van der Waals surface area contributed by atoms with E-state index in [0.29, 0.717) is 5.92 Å². The highest BCUT2D eigenvalue weighted by molar-refractivity contribution is 9.10. The van der Waals surface area contributed by atoms with Crippen LogP contribution < -0.4 is 0 Å². The van der Waals surface area contributed by atoms with Crippen LogP contribution in [0.3, 0.4) is 0 Å². The Labute approximate surface area is 122 Å². The third-order valence-corrected chi connectivity index (χ3v) is 5.54. The summed E-state index contributed by atoms with van der Waals surface area (Å²) in [5.41, 5.74) is 0. The fourth-order valence-corrected chi connectivity index (χ4v) is 4.38. The van der Waals surface area contributed by atoms with Crippen molar-refractivity contribution >= 4 is 33.2 Å². The second kappa shape index (κ2) is 6.20. The van der Waals surface area contributed by atoms with Gasteiger partial charge < -0.3 is 4.90 Å². The summed E-state index contributed by atoms with van der Waals surface area (Å²) in [7, 11) is 0. The lowest BCUT2D eigenvalue weighted by Gasteiger charge is -2.30. The number of amides is 1. The van der Waals surface area contributed by atoms with Gasteiger partial charge >= 0.3 is 0 Å². The molecule has 2 nitrogen and oxygen atoms in total. The van der Waals surface area contributed by atoms with Gasteiger partial charge in [-0.25, -0.2) is 0 Å². The van der Waals surface area contributed by atoms with E-state index in [9.17, 15) is 4.79 Å². The Morgan fingerprint density at radius 1 is 1.61 bits per heavy atom. The summed E-state index contributed by atoms with van der Waals surface area (Å²) < 4.78 is 1.10. The molecule has 0 aliphatic carbocycles. The average molecular weight is 330 g/mol. The summed E-state index contributed by atoms with van der Waals surface area (Å²) in [5.74, 6) is 0.857. The molecule has 100 valence electrons.